The second-order valence-electron chi connectivity index (χ2n) is 15.8. The van der Waals surface area contributed by atoms with Crippen LogP contribution in [0.3, 0.4) is 0 Å². The van der Waals surface area contributed by atoms with E-state index < -0.39 is 42.5 Å². The maximum Gasteiger partial charge on any atom is 0.410 e. The van der Waals surface area contributed by atoms with Crippen LogP contribution in [0.25, 0.3) is 5.70 Å². The van der Waals surface area contributed by atoms with E-state index >= 15 is 0 Å². The lowest BCUT2D eigenvalue weighted by Gasteiger charge is -2.34. The van der Waals surface area contributed by atoms with E-state index in [1.807, 2.05) is 74.7 Å². The van der Waals surface area contributed by atoms with Gasteiger partial charge in [-0.2, -0.15) is 0 Å². The van der Waals surface area contributed by atoms with Crippen molar-refractivity contribution < 1.29 is 38.5 Å². The van der Waals surface area contributed by atoms with Gasteiger partial charge in [0.15, 0.2) is 12.4 Å². The van der Waals surface area contributed by atoms with E-state index in [0.29, 0.717) is 62.6 Å². The third-order valence-corrected chi connectivity index (χ3v) is 10.8. The molecule has 3 saturated heterocycles. The minimum atomic E-state index is -0.925. The molecule has 10 atom stereocenters. The molecule has 4 rings (SSSR count). The van der Waals surface area contributed by atoms with E-state index in [2.05, 4.69) is 4.90 Å². The Kier molecular flexibility index (Phi) is 20.3. The number of amides is 1. The van der Waals surface area contributed by atoms with Gasteiger partial charge in [0, 0.05) is 61.3 Å². The van der Waals surface area contributed by atoms with Gasteiger partial charge in [0.2, 0.25) is 0 Å². The van der Waals surface area contributed by atoms with Crippen molar-refractivity contribution in [3.05, 3.63) is 36.0 Å². The van der Waals surface area contributed by atoms with Gasteiger partial charge in [-0.1, -0.05) is 53.7 Å². The summed E-state index contributed by atoms with van der Waals surface area (Å²) in [6, 6.07) is 7.09. The number of hydrazine groups is 1. The maximum absolute atomic E-state index is 13.4. The van der Waals surface area contributed by atoms with Crippen molar-refractivity contribution in [2.24, 2.45) is 35.2 Å². The molecular weight excluding hydrogens is 716 g/mol. The van der Waals surface area contributed by atoms with Crippen LogP contribution in [0.4, 0.5) is 10.5 Å². The van der Waals surface area contributed by atoms with Crippen LogP contribution >= 0.6 is 0 Å². The first kappa shape index (κ1) is 48.4. The van der Waals surface area contributed by atoms with Gasteiger partial charge in [0.1, 0.15) is 23.6 Å². The van der Waals surface area contributed by atoms with Gasteiger partial charge in [0.25, 0.3) is 0 Å². The molecule has 0 spiro atoms. The van der Waals surface area contributed by atoms with Crippen LogP contribution in [0.2, 0.25) is 0 Å². The Morgan fingerprint density at radius 2 is 1.62 bits per heavy atom. The SMILES string of the molecule is CC.CC1CC(N(C)C)CC(O)O1.CCC1OC(=O)C(C)C(=O)C(C)CC(C)C[C@@H](C)C(=O)CC2C1OC(=O)N2CCCCN(N)/C=C(\N)c1cccc(N)c1. The number of benzene rings is 1. The number of rotatable bonds is 9. The van der Waals surface area contributed by atoms with Crippen LogP contribution in [-0.4, -0.2) is 107 Å². The Hall–Kier alpha value is -3.72. The molecule has 56 heavy (non-hydrogen) atoms. The number of unbranched alkanes of at least 4 members (excludes halogenated alkanes) is 1. The lowest BCUT2D eigenvalue weighted by Crippen LogP contribution is -2.46. The van der Waals surface area contributed by atoms with Crippen LogP contribution in [0.15, 0.2) is 30.5 Å². The molecule has 3 aliphatic rings. The minimum absolute atomic E-state index is 0.0195. The number of esters is 1. The Bertz CT molecular complexity index is 1430. The molecule has 14 nitrogen and oxygen atoms in total. The van der Waals surface area contributed by atoms with E-state index in [1.54, 1.807) is 30.2 Å². The number of nitrogens with two attached hydrogens (primary N) is 3. The summed E-state index contributed by atoms with van der Waals surface area (Å²) in [7, 11) is 4.07. The van der Waals surface area contributed by atoms with Crippen molar-refractivity contribution in [3.8, 4) is 0 Å². The quantitative estimate of drug-likeness (QED) is 0.0626. The monoisotopic (exact) mass is 789 g/mol. The van der Waals surface area contributed by atoms with Crippen LogP contribution in [0, 0.1) is 23.7 Å². The van der Waals surface area contributed by atoms with E-state index in [9.17, 15) is 24.3 Å². The fourth-order valence-corrected chi connectivity index (χ4v) is 7.64. The number of aliphatic hydroxyl groups is 1. The molecule has 0 aliphatic carbocycles. The number of nitrogen functional groups attached to an aromatic ring is 1. The van der Waals surface area contributed by atoms with E-state index in [1.165, 1.54) is 5.01 Å². The smallest absolute Gasteiger partial charge is 0.410 e. The first-order valence-corrected chi connectivity index (χ1v) is 20.5. The zero-order chi connectivity index (χ0) is 42.3. The lowest BCUT2D eigenvalue weighted by molar-refractivity contribution is -0.172. The van der Waals surface area contributed by atoms with Gasteiger partial charge >= 0.3 is 12.1 Å². The highest BCUT2D eigenvalue weighted by atomic mass is 16.6. The summed E-state index contributed by atoms with van der Waals surface area (Å²) in [5, 5.41) is 10.7. The first-order valence-electron chi connectivity index (χ1n) is 20.5. The van der Waals surface area contributed by atoms with E-state index in [4.69, 9.17) is 31.5 Å². The standard InChI is InChI=1S/C32H49N5O6.C8H17NO2.C2H6/c1-6-28-30-26(17-27(38)20(3)14-19(2)15-21(4)29(39)22(5)31(40)42-28)37(32(41)43-30)13-8-7-12-36(35)18-25(34)23-10-9-11-24(33)16-23;1-6-4-7(9(2)3)5-8(10)11-6;1-2/h9-11,16,18-22,26,28,30H,6-8,12-15,17,33-35H2,1-5H3;6-8,10H,4-5H2,1-3H3;1-2H3/b25-18-;;/t19?,20-,21?,22?,26?,28?,30?;;/m1../s1. The summed E-state index contributed by atoms with van der Waals surface area (Å²) < 4.78 is 16.8. The summed E-state index contributed by atoms with van der Waals surface area (Å²) in [5.41, 5.74) is 13.9. The molecular formula is C42H72N6O8. The zero-order valence-corrected chi connectivity index (χ0v) is 35.6. The molecule has 318 valence electrons. The van der Waals surface area contributed by atoms with Crippen molar-refractivity contribution in [1.82, 2.24) is 14.8 Å². The fraction of sp³-hybridized carbons (Fsp3) is 0.714. The van der Waals surface area contributed by atoms with Crippen LogP contribution < -0.4 is 17.3 Å². The Balaban J connectivity index is 0.000000708. The highest BCUT2D eigenvalue weighted by molar-refractivity contribution is 5.99. The highest BCUT2D eigenvalue weighted by Crippen LogP contribution is 2.32. The van der Waals surface area contributed by atoms with Crippen molar-refractivity contribution in [2.75, 3.05) is 32.9 Å². The average Bonchev–Trinajstić information content (AvgIpc) is 3.45. The number of fused-ring (bicyclic) bond motifs is 1. The number of ketones is 2. The number of nitrogens with zero attached hydrogens (tertiary/aromatic N) is 3. The molecule has 3 fully saturated rings. The molecule has 9 unspecified atom stereocenters. The molecule has 3 aliphatic heterocycles. The average molecular weight is 789 g/mol. The number of hydrogen-bond acceptors (Lipinski definition) is 13. The first-order chi connectivity index (χ1) is 26.4. The number of carbonyl (C=O) groups excluding carboxylic acids is 4. The summed E-state index contributed by atoms with van der Waals surface area (Å²) in [6.07, 6.45) is 3.80. The predicted molar refractivity (Wildman–Crippen MR) is 219 cm³/mol. The molecule has 1 aromatic rings. The van der Waals surface area contributed by atoms with Gasteiger partial charge in [-0.15, -0.1) is 0 Å². The summed E-state index contributed by atoms with van der Waals surface area (Å²) in [5.74, 6) is 3.97. The van der Waals surface area contributed by atoms with Crippen LogP contribution in [-0.2, 0) is 28.6 Å². The minimum Gasteiger partial charge on any atom is -0.458 e. The van der Waals surface area contributed by atoms with E-state index in [0.717, 1.165) is 18.4 Å². The van der Waals surface area contributed by atoms with E-state index in [-0.39, 0.29) is 41.8 Å². The molecule has 0 bridgehead atoms. The zero-order valence-electron chi connectivity index (χ0n) is 35.6. The molecule has 1 amide bonds. The third-order valence-electron chi connectivity index (χ3n) is 10.8. The molecule has 0 radical (unpaired) electrons. The fourth-order valence-electron chi connectivity index (χ4n) is 7.64. The summed E-state index contributed by atoms with van der Waals surface area (Å²) >= 11 is 0. The summed E-state index contributed by atoms with van der Waals surface area (Å²) in [4.78, 5) is 56.3. The third kappa shape index (κ3) is 14.7. The van der Waals surface area contributed by atoms with Gasteiger partial charge in [-0.05, 0) is 84.5 Å². The van der Waals surface area contributed by atoms with Gasteiger partial charge in [-0.25, -0.2) is 10.6 Å². The van der Waals surface area contributed by atoms with Crippen molar-refractivity contribution >= 4 is 35.0 Å². The van der Waals surface area contributed by atoms with Crippen LogP contribution in [0.5, 0.6) is 0 Å². The number of hydrogen-bond donors (Lipinski definition) is 4. The number of anilines is 1. The van der Waals surface area contributed by atoms with Crippen molar-refractivity contribution in [1.29, 1.82) is 0 Å². The number of aliphatic hydroxyl groups excluding tert-OH is 1. The molecule has 3 heterocycles. The number of cyclic esters (lactones) is 1. The normalized spacial score (nSPS) is 30.5. The topological polar surface area (TPSA) is 204 Å². The van der Waals surface area contributed by atoms with Crippen LogP contribution in [0.1, 0.15) is 112 Å². The van der Waals surface area contributed by atoms with Crippen molar-refractivity contribution in [3.63, 3.8) is 0 Å². The Morgan fingerprint density at radius 3 is 2.23 bits per heavy atom. The number of Topliss-reactive ketones (excluding diaryl/α,β-unsaturated/α-hetero) is 2. The number of ether oxygens (including phenoxy) is 3. The maximum atomic E-state index is 13.4. The predicted octanol–water partition coefficient (Wildman–Crippen LogP) is 5.32. The lowest BCUT2D eigenvalue weighted by atomic mass is 9.82. The highest BCUT2D eigenvalue weighted by Gasteiger charge is 2.48. The Labute approximate surface area is 335 Å². The molecule has 14 heteroatoms. The largest absolute Gasteiger partial charge is 0.458 e. The second kappa shape index (κ2) is 23.5. The van der Waals surface area contributed by atoms with Gasteiger partial charge in [-0.3, -0.25) is 14.4 Å². The second-order valence-corrected chi connectivity index (χ2v) is 15.8. The molecule has 1 aromatic carbocycles. The molecule has 7 N–H and O–H groups in total. The molecule has 0 aromatic heterocycles. The number of carbonyl (C=O) groups is 4. The Morgan fingerprint density at radius 1 is 0.964 bits per heavy atom. The van der Waals surface area contributed by atoms with Gasteiger partial charge in [0.05, 0.1) is 17.8 Å². The van der Waals surface area contributed by atoms with Crippen molar-refractivity contribution in [2.45, 2.75) is 143 Å². The summed E-state index contributed by atoms with van der Waals surface area (Å²) in [6.45, 7) is 16.0. The molecule has 0 saturated carbocycles. The van der Waals surface area contributed by atoms with Gasteiger partial charge < -0.3 is 45.6 Å².